The molecule has 0 saturated carbocycles. The van der Waals surface area contributed by atoms with Crippen molar-refractivity contribution in [2.45, 2.75) is 12.8 Å². The molecular weight excluding hydrogens is 178 g/mol. The monoisotopic (exact) mass is 195 g/mol. The minimum absolute atomic E-state index is 0.949. The first-order chi connectivity index (χ1) is 5.41. The van der Waals surface area contributed by atoms with Crippen LogP contribution in [0, 0.1) is 0 Å². The molecule has 1 N–H and O–H groups in total. The predicted octanol–water partition coefficient (Wildman–Crippen LogP) is 1.58. The van der Waals surface area contributed by atoms with Gasteiger partial charge in [-0.25, -0.2) is 5.48 Å². The molecule has 0 radical (unpaired) electrons. The lowest BCUT2D eigenvalue weighted by molar-refractivity contribution is 0.0922. The first kappa shape index (κ1) is 11.6. The maximum absolute atomic E-state index is 4.70. The Kier molecular flexibility index (Phi) is 11.2. The van der Waals surface area contributed by atoms with Crippen LogP contribution in [0.3, 0.4) is 0 Å². The molecular formula is C7H17NOS2. The molecule has 0 aromatic carbocycles. The highest BCUT2D eigenvalue weighted by Gasteiger charge is 1.88. The van der Waals surface area contributed by atoms with Crippen molar-refractivity contribution in [3.63, 3.8) is 0 Å². The van der Waals surface area contributed by atoms with Crippen LogP contribution in [0.2, 0.25) is 0 Å². The average molecular weight is 195 g/mol. The molecule has 0 fully saturated rings. The van der Waals surface area contributed by atoms with Gasteiger partial charge in [0.2, 0.25) is 0 Å². The number of hydrogen-bond acceptors (Lipinski definition) is 4. The third kappa shape index (κ3) is 10.6. The van der Waals surface area contributed by atoms with Crippen molar-refractivity contribution in [2.24, 2.45) is 0 Å². The average Bonchev–Trinajstić information content (AvgIpc) is 2.03. The largest absolute Gasteiger partial charge is 0.305 e. The molecule has 0 atom stereocenters. The second kappa shape index (κ2) is 10.6. The van der Waals surface area contributed by atoms with Gasteiger partial charge in [-0.1, -0.05) is 0 Å². The zero-order valence-electron chi connectivity index (χ0n) is 7.01. The van der Waals surface area contributed by atoms with Gasteiger partial charge in [-0.15, -0.1) is 0 Å². The Morgan fingerprint density at radius 1 is 1.36 bits per heavy atom. The Morgan fingerprint density at radius 3 is 2.73 bits per heavy atom. The van der Waals surface area contributed by atoms with Crippen LogP contribution in [0.4, 0.5) is 0 Å². The number of rotatable bonds is 8. The zero-order valence-corrected chi connectivity index (χ0v) is 8.72. The SMILES string of the molecule is CONCCCSCCCS. The number of thiol groups is 1. The van der Waals surface area contributed by atoms with Crippen molar-refractivity contribution in [2.75, 3.05) is 30.9 Å². The Balaban J connectivity index is 2.69. The van der Waals surface area contributed by atoms with Crippen molar-refractivity contribution in [3.8, 4) is 0 Å². The van der Waals surface area contributed by atoms with Gasteiger partial charge in [-0.2, -0.15) is 24.4 Å². The van der Waals surface area contributed by atoms with Gasteiger partial charge >= 0.3 is 0 Å². The minimum atomic E-state index is 0.949. The molecule has 0 aliphatic heterocycles. The predicted molar refractivity (Wildman–Crippen MR) is 55.4 cm³/mol. The molecule has 2 nitrogen and oxygen atoms in total. The molecule has 0 aromatic rings. The molecule has 68 valence electrons. The first-order valence-corrected chi connectivity index (χ1v) is 5.65. The van der Waals surface area contributed by atoms with Gasteiger partial charge in [0.05, 0.1) is 7.11 Å². The lowest BCUT2D eigenvalue weighted by Crippen LogP contribution is -2.13. The van der Waals surface area contributed by atoms with E-state index in [1.807, 2.05) is 11.8 Å². The molecule has 0 heterocycles. The van der Waals surface area contributed by atoms with Gasteiger partial charge in [0.1, 0.15) is 0 Å². The highest BCUT2D eigenvalue weighted by atomic mass is 32.2. The van der Waals surface area contributed by atoms with Crippen LogP contribution in [0.5, 0.6) is 0 Å². The maximum atomic E-state index is 4.70. The van der Waals surface area contributed by atoms with Gasteiger partial charge in [0, 0.05) is 6.54 Å². The van der Waals surface area contributed by atoms with E-state index in [2.05, 4.69) is 18.1 Å². The van der Waals surface area contributed by atoms with Gasteiger partial charge in [-0.3, -0.25) is 0 Å². The van der Waals surface area contributed by atoms with Crippen LogP contribution >= 0.6 is 24.4 Å². The summed E-state index contributed by atoms with van der Waals surface area (Å²) in [5, 5.41) is 0. The van der Waals surface area contributed by atoms with Crippen LogP contribution in [-0.2, 0) is 4.84 Å². The number of thioether (sulfide) groups is 1. The first-order valence-electron chi connectivity index (χ1n) is 3.86. The molecule has 0 aliphatic rings. The van der Waals surface area contributed by atoms with E-state index in [1.165, 1.54) is 24.3 Å². The number of hydroxylamine groups is 1. The van der Waals surface area contributed by atoms with Crippen LogP contribution in [0.25, 0.3) is 0 Å². The van der Waals surface area contributed by atoms with Crippen molar-refractivity contribution >= 4 is 24.4 Å². The minimum Gasteiger partial charge on any atom is -0.305 e. The Hall–Kier alpha value is 0.620. The summed E-state index contributed by atoms with van der Waals surface area (Å²) in [5.74, 6) is 3.45. The molecule has 0 spiro atoms. The molecule has 0 aromatic heterocycles. The lowest BCUT2D eigenvalue weighted by Gasteiger charge is -2.00. The van der Waals surface area contributed by atoms with Crippen LogP contribution < -0.4 is 5.48 Å². The van der Waals surface area contributed by atoms with E-state index in [0.717, 1.165) is 12.3 Å². The lowest BCUT2D eigenvalue weighted by atomic mass is 10.5. The highest BCUT2D eigenvalue weighted by Crippen LogP contribution is 2.04. The molecule has 11 heavy (non-hydrogen) atoms. The van der Waals surface area contributed by atoms with E-state index < -0.39 is 0 Å². The maximum Gasteiger partial charge on any atom is 0.0572 e. The van der Waals surface area contributed by atoms with E-state index in [0.29, 0.717) is 0 Å². The summed E-state index contributed by atoms with van der Waals surface area (Å²) < 4.78 is 0. The van der Waals surface area contributed by atoms with Gasteiger partial charge < -0.3 is 4.84 Å². The fraction of sp³-hybridized carbons (Fsp3) is 1.00. The van der Waals surface area contributed by atoms with E-state index in [9.17, 15) is 0 Å². The number of nitrogens with one attached hydrogen (secondary N) is 1. The summed E-state index contributed by atoms with van der Waals surface area (Å²) in [4.78, 5) is 4.70. The summed E-state index contributed by atoms with van der Waals surface area (Å²) in [7, 11) is 1.65. The summed E-state index contributed by atoms with van der Waals surface area (Å²) in [6, 6.07) is 0. The fourth-order valence-corrected chi connectivity index (χ4v) is 1.89. The number of hydrogen-bond donors (Lipinski definition) is 2. The standard InChI is InChI=1S/C7H17NOS2/c1-9-8-4-2-6-11-7-3-5-10/h8,10H,2-7H2,1H3. The molecule has 0 unspecified atom stereocenters. The summed E-state index contributed by atoms with van der Waals surface area (Å²) in [6.45, 7) is 0.949. The quantitative estimate of drug-likeness (QED) is 0.349. The third-order valence-electron chi connectivity index (χ3n) is 1.16. The molecule has 0 rings (SSSR count). The van der Waals surface area contributed by atoms with Crippen molar-refractivity contribution < 1.29 is 4.84 Å². The van der Waals surface area contributed by atoms with E-state index in [-0.39, 0.29) is 0 Å². The topological polar surface area (TPSA) is 21.3 Å². The van der Waals surface area contributed by atoms with Crippen molar-refractivity contribution in [3.05, 3.63) is 0 Å². The van der Waals surface area contributed by atoms with Crippen molar-refractivity contribution in [1.82, 2.24) is 5.48 Å². The Morgan fingerprint density at radius 2 is 2.09 bits per heavy atom. The van der Waals surface area contributed by atoms with Gasteiger partial charge in [-0.05, 0) is 30.1 Å². The summed E-state index contributed by atoms with van der Waals surface area (Å²) in [5.41, 5.74) is 2.81. The molecule has 0 amide bonds. The smallest absolute Gasteiger partial charge is 0.0572 e. The van der Waals surface area contributed by atoms with Crippen LogP contribution in [0.1, 0.15) is 12.8 Å². The van der Waals surface area contributed by atoms with E-state index in [1.54, 1.807) is 7.11 Å². The van der Waals surface area contributed by atoms with Crippen LogP contribution in [0.15, 0.2) is 0 Å². The van der Waals surface area contributed by atoms with E-state index >= 15 is 0 Å². The third-order valence-corrected chi connectivity index (χ3v) is 2.63. The normalized spacial score (nSPS) is 10.4. The Bertz CT molecular complexity index is 65.5. The summed E-state index contributed by atoms with van der Waals surface area (Å²) >= 11 is 6.12. The Labute approximate surface area is 78.8 Å². The van der Waals surface area contributed by atoms with Crippen LogP contribution in [-0.4, -0.2) is 30.9 Å². The molecule has 0 bridgehead atoms. The second-order valence-electron chi connectivity index (χ2n) is 2.14. The van der Waals surface area contributed by atoms with E-state index in [4.69, 9.17) is 4.84 Å². The molecule has 0 saturated heterocycles. The fourth-order valence-electron chi connectivity index (χ4n) is 0.617. The van der Waals surface area contributed by atoms with Crippen molar-refractivity contribution in [1.29, 1.82) is 0 Å². The highest BCUT2D eigenvalue weighted by molar-refractivity contribution is 7.99. The zero-order chi connectivity index (χ0) is 8.36. The molecule has 0 aliphatic carbocycles. The second-order valence-corrected chi connectivity index (χ2v) is 3.81. The summed E-state index contributed by atoms with van der Waals surface area (Å²) in [6.07, 6.45) is 2.39. The van der Waals surface area contributed by atoms with Gasteiger partial charge in [0.15, 0.2) is 0 Å². The molecule has 4 heteroatoms. The van der Waals surface area contributed by atoms with Gasteiger partial charge in [0.25, 0.3) is 0 Å².